The Morgan fingerprint density at radius 3 is 2.52 bits per heavy atom. The second kappa shape index (κ2) is 7.61. The van der Waals surface area contributed by atoms with E-state index in [9.17, 15) is 4.79 Å². The third kappa shape index (κ3) is 3.92. The Balaban J connectivity index is 2.15. The minimum Gasteiger partial charge on any atom is -0.343 e. The van der Waals surface area contributed by atoms with Crippen LogP contribution in [0.4, 0.5) is 5.95 Å². The molecule has 0 fully saturated rings. The highest BCUT2D eigenvalue weighted by molar-refractivity contribution is 6.33. The van der Waals surface area contributed by atoms with Gasteiger partial charge in [0.05, 0.1) is 24.0 Å². The number of imidazole rings is 1. The lowest BCUT2D eigenvalue weighted by molar-refractivity contribution is 0.0944. The molecule has 2 rings (SSSR count). The Bertz CT molecular complexity index is 699. The van der Waals surface area contributed by atoms with Crippen LogP contribution in [0.15, 0.2) is 12.4 Å². The van der Waals surface area contributed by atoms with Gasteiger partial charge in [0, 0.05) is 20.1 Å². The van der Waals surface area contributed by atoms with Crippen LogP contribution in [0.2, 0.25) is 10.2 Å². The van der Waals surface area contributed by atoms with Crippen molar-refractivity contribution in [3.05, 3.63) is 34.1 Å². The molecule has 7 nitrogen and oxygen atoms in total. The summed E-state index contributed by atoms with van der Waals surface area (Å²) in [7, 11) is 1.77. The maximum Gasteiger partial charge on any atom is 0.272 e. The van der Waals surface area contributed by atoms with Gasteiger partial charge in [-0.2, -0.15) is 0 Å². The van der Waals surface area contributed by atoms with Crippen LogP contribution in [0.1, 0.15) is 30.2 Å². The summed E-state index contributed by atoms with van der Waals surface area (Å²) >= 11 is 12.0. The minimum atomic E-state index is -0.384. The number of carbonyl (C=O) groups excluding carboxylic acids is 1. The van der Waals surface area contributed by atoms with Crippen LogP contribution in [0.5, 0.6) is 0 Å². The molecule has 2 heterocycles. The predicted molar refractivity (Wildman–Crippen MR) is 90.0 cm³/mol. The van der Waals surface area contributed by atoms with Crippen molar-refractivity contribution in [2.75, 3.05) is 18.0 Å². The van der Waals surface area contributed by atoms with Crippen molar-refractivity contribution in [3.63, 3.8) is 0 Å². The molecular weight excluding hydrogens is 339 g/mol. The summed E-state index contributed by atoms with van der Waals surface area (Å²) in [5.41, 5.74) is 0.142. The minimum absolute atomic E-state index is 0.142. The number of nitrogens with zero attached hydrogens (tertiary/aromatic N) is 5. The Morgan fingerprint density at radius 1 is 1.26 bits per heavy atom. The van der Waals surface area contributed by atoms with Crippen molar-refractivity contribution in [3.8, 4) is 0 Å². The Morgan fingerprint density at radius 2 is 1.96 bits per heavy atom. The van der Waals surface area contributed by atoms with E-state index >= 15 is 0 Å². The molecule has 0 aromatic carbocycles. The molecule has 0 saturated heterocycles. The van der Waals surface area contributed by atoms with E-state index in [0.29, 0.717) is 16.9 Å². The summed E-state index contributed by atoms with van der Waals surface area (Å²) in [4.78, 5) is 26.8. The first-order chi connectivity index (χ1) is 11.0. The number of carbonyl (C=O) groups is 1. The highest BCUT2D eigenvalue weighted by Crippen LogP contribution is 2.16. The van der Waals surface area contributed by atoms with Crippen molar-refractivity contribution >= 4 is 35.1 Å². The summed E-state index contributed by atoms with van der Waals surface area (Å²) in [6.07, 6.45) is 2.97. The summed E-state index contributed by atoms with van der Waals surface area (Å²) in [5, 5.41) is 3.44. The maximum absolute atomic E-state index is 12.3. The number of anilines is 1. The second-order valence-electron chi connectivity index (χ2n) is 4.78. The molecular formula is C14H18Cl2N6O. The third-order valence-electron chi connectivity index (χ3n) is 3.43. The molecule has 0 spiro atoms. The molecule has 0 aliphatic heterocycles. The van der Waals surface area contributed by atoms with E-state index in [2.05, 4.69) is 20.3 Å². The molecule has 1 amide bonds. The Labute approximate surface area is 144 Å². The highest BCUT2D eigenvalue weighted by atomic mass is 35.5. The van der Waals surface area contributed by atoms with Crippen molar-refractivity contribution < 1.29 is 4.79 Å². The molecule has 0 saturated carbocycles. The Hall–Kier alpha value is -1.86. The zero-order valence-corrected chi connectivity index (χ0v) is 14.7. The lowest BCUT2D eigenvalue weighted by Crippen LogP contribution is -2.28. The molecule has 23 heavy (non-hydrogen) atoms. The van der Waals surface area contributed by atoms with Gasteiger partial charge in [0.25, 0.3) is 5.91 Å². The van der Waals surface area contributed by atoms with E-state index in [4.69, 9.17) is 23.2 Å². The number of hydrogen-bond donors (Lipinski definition) is 1. The van der Waals surface area contributed by atoms with Gasteiger partial charge in [-0.25, -0.2) is 15.0 Å². The van der Waals surface area contributed by atoms with Crippen LogP contribution in [-0.2, 0) is 13.6 Å². The first kappa shape index (κ1) is 17.5. The van der Waals surface area contributed by atoms with Gasteiger partial charge < -0.3 is 14.8 Å². The molecule has 2 aromatic heterocycles. The Kier molecular flexibility index (Phi) is 5.79. The lowest BCUT2D eigenvalue weighted by atomic mass is 10.3. The van der Waals surface area contributed by atoms with E-state index in [1.807, 2.05) is 18.7 Å². The number of nitrogens with one attached hydrogen (secondary N) is 1. The van der Waals surface area contributed by atoms with Gasteiger partial charge in [-0.1, -0.05) is 23.2 Å². The quantitative estimate of drug-likeness (QED) is 0.859. The molecule has 0 bridgehead atoms. The number of halogens is 2. The predicted octanol–water partition coefficient (Wildman–Crippen LogP) is 2.29. The monoisotopic (exact) mass is 356 g/mol. The average Bonchev–Trinajstić information content (AvgIpc) is 2.87. The van der Waals surface area contributed by atoms with Gasteiger partial charge in [0.2, 0.25) is 5.95 Å². The normalized spacial score (nSPS) is 10.7. The van der Waals surface area contributed by atoms with E-state index < -0.39 is 0 Å². The smallest absolute Gasteiger partial charge is 0.272 e. The molecule has 0 aliphatic carbocycles. The molecule has 124 valence electrons. The molecule has 9 heteroatoms. The number of hydrogen-bond acceptors (Lipinski definition) is 5. The summed E-state index contributed by atoms with van der Waals surface area (Å²) in [5.74, 6) is 0.729. The standard InChI is InChI=1S/C14H18Cl2N6O/c1-4-22(5-2)14-19-6-9(15)12(20-14)13(23)18-8-11-17-7-10(16)21(11)3/h6-7H,4-5,8H2,1-3H3,(H,18,23). The lowest BCUT2D eigenvalue weighted by Gasteiger charge is -2.19. The number of rotatable bonds is 6. The van der Waals surface area contributed by atoms with Gasteiger partial charge in [-0.3, -0.25) is 4.79 Å². The zero-order chi connectivity index (χ0) is 17.0. The fourth-order valence-corrected chi connectivity index (χ4v) is 2.33. The zero-order valence-electron chi connectivity index (χ0n) is 13.2. The first-order valence-corrected chi connectivity index (χ1v) is 7.95. The maximum atomic E-state index is 12.3. The highest BCUT2D eigenvalue weighted by Gasteiger charge is 2.17. The number of aromatic nitrogens is 4. The van der Waals surface area contributed by atoms with Crippen molar-refractivity contribution in [1.29, 1.82) is 0 Å². The fraction of sp³-hybridized carbons (Fsp3) is 0.429. The molecule has 0 radical (unpaired) electrons. The molecule has 2 aromatic rings. The largest absolute Gasteiger partial charge is 0.343 e. The summed E-state index contributed by atoms with van der Waals surface area (Å²) in [6, 6.07) is 0. The third-order valence-corrected chi connectivity index (χ3v) is 4.06. The van der Waals surface area contributed by atoms with Crippen LogP contribution < -0.4 is 10.2 Å². The van der Waals surface area contributed by atoms with E-state index in [0.717, 1.165) is 13.1 Å². The van der Waals surface area contributed by atoms with Crippen LogP contribution in [-0.4, -0.2) is 38.5 Å². The van der Waals surface area contributed by atoms with Crippen molar-refractivity contribution in [2.45, 2.75) is 20.4 Å². The number of amides is 1. The summed E-state index contributed by atoms with van der Waals surface area (Å²) in [6.45, 7) is 5.69. The van der Waals surface area contributed by atoms with Gasteiger partial charge in [0.15, 0.2) is 5.69 Å². The molecule has 0 unspecified atom stereocenters. The molecule has 1 N–H and O–H groups in total. The fourth-order valence-electron chi connectivity index (χ4n) is 2.01. The van der Waals surface area contributed by atoms with Crippen LogP contribution in [0.3, 0.4) is 0 Å². The van der Waals surface area contributed by atoms with Gasteiger partial charge in [-0.05, 0) is 13.8 Å². The van der Waals surface area contributed by atoms with Gasteiger partial charge >= 0.3 is 0 Å². The van der Waals surface area contributed by atoms with Crippen LogP contribution in [0.25, 0.3) is 0 Å². The first-order valence-electron chi connectivity index (χ1n) is 7.19. The van der Waals surface area contributed by atoms with Crippen LogP contribution in [0, 0.1) is 0 Å². The van der Waals surface area contributed by atoms with Crippen molar-refractivity contribution in [1.82, 2.24) is 24.8 Å². The van der Waals surface area contributed by atoms with Crippen LogP contribution >= 0.6 is 23.2 Å². The summed E-state index contributed by atoms with van der Waals surface area (Å²) < 4.78 is 1.69. The average molecular weight is 357 g/mol. The van der Waals surface area contributed by atoms with E-state index in [1.165, 1.54) is 12.4 Å². The van der Waals surface area contributed by atoms with Gasteiger partial charge in [0.1, 0.15) is 11.0 Å². The molecule has 0 aliphatic rings. The van der Waals surface area contributed by atoms with E-state index in [-0.39, 0.29) is 23.2 Å². The van der Waals surface area contributed by atoms with E-state index in [1.54, 1.807) is 11.6 Å². The SMILES string of the molecule is CCN(CC)c1ncc(Cl)c(C(=O)NCc2ncc(Cl)n2C)n1. The topological polar surface area (TPSA) is 75.9 Å². The second-order valence-corrected chi connectivity index (χ2v) is 5.57. The molecule has 0 atom stereocenters. The van der Waals surface area contributed by atoms with Gasteiger partial charge in [-0.15, -0.1) is 0 Å². The van der Waals surface area contributed by atoms with Crippen molar-refractivity contribution in [2.24, 2.45) is 7.05 Å².